The second-order valence-corrected chi connectivity index (χ2v) is 3.99. The summed E-state index contributed by atoms with van der Waals surface area (Å²) in [6, 6.07) is 3.90. The Bertz CT molecular complexity index is 576. The van der Waals surface area contributed by atoms with Gasteiger partial charge in [0, 0.05) is 24.2 Å². The molecule has 17 heavy (non-hydrogen) atoms. The van der Waals surface area contributed by atoms with Gasteiger partial charge in [0.05, 0.1) is 5.56 Å². The van der Waals surface area contributed by atoms with Gasteiger partial charge in [-0.05, 0) is 18.9 Å². The van der Waals surface area contributed by atoms with Crippen LogP contribution in [-0.4, -0.2) is 21.1 Å². The summed E-state index contributed by atoms with van der Waals surface area (Å²) in [5.41, 5.74) is 1.05. The molecule has 0 radical (unpaired) electrons. The number of ether oxygens (including phenoxy) is 1. The van der Waals surface area contributed by atoms with Crippen molar-refractivity contribution in [3.8, 4) is 17.1 Å². The lowest BCUT2D eigenvalue weighted by atomic mass is 10.1. The Kier molecular flexibility index (Phi) is 2.36. The molecule has 1 fully saturated rings. The molecular formula is C12H11N3O2. The van der Waals surface area contributed by atoms with Gasteiger partial charge < -0.3 is 4.74 Å². The van der Waals surface area contributed by atoms with E-state index in [4.69, 9.17) is 4.74 Å². The van der Waals surface area contributed by atoms with Crippen LogP contribution in [0.25, 0.3) is 11.1 Å². The highest BCUT2D eigenvalue weighted by molar-refractivity contribution is 5.59. The van der Waals surface area contributed by atoms with Crippen LogP contribution >= 0.6 is 0 Å². The molecule has 1 N–H and O–H groups in total. The Balaban J connectivity index is 1.93. The Morgan fingerprint density at radius 1 is 1.35 bits per heavy atom. The molecule has 0 bridgehead atoms. The average molecular weight is 229 g/mol. The van der Waals surface area contributed by atoms with Gasteiger partial charge in [-0.2, -0.15) is 0 Å². The van der Waals surface area contributed by atoms with Crippen LogP contribution in [0.1, 0.15) is 12.8 Å². The van der Waals surface area contributed by atoms with Crippen molar-refractivity contribution in [1.29, 1.82) is 0 Å². The molecule has 86 valence electrons. The molecule has 5 nitrogen and oxygen atoms in total. The number of hydrogen-bond donors (Lipinski definition) is 1. The maximum absolute atomic E-state index is 11.8. The first-order valence-corrected chi connectivity index (χ1v) is 5.49. The summed E-state index contributed by atoms with van der Waals surface area (Å²) in [5.74, 6) is 0. The smallest absolute Gasteiger partial charge is 0.296 e. The molecule has 2 heterocycles. The number of aromatic amines is 1. The molecular weight excluding hydrogens is 218 g/mol. The zero-order valence-corrected chi connectivity index (χ0v) is 9.09. The molecule has 5 heteroatoms. The second-order valence-electron chi connectivity index (χ2n) is 3.99. The Morgan fingerprint density at radius 2 is 2.24 bits per heavy atom. The fourth-order valence-corrected chi connectivity index (χ4v) is 1.51. The molecule has 3 rings (SSSR count). The van der Waals surface area contributed by atoms with Crippen LogP contribution in [0, 0.1) is 0 Å². The van der Waals surface area contributed by atoms with Crippen LogP contribution in [0.5, 0.6) is 6.01 Å². The van der Waals surface area contributed by atoms with E-state index in [9.17, 15) is 4.79 Å². The van der Waals surface area contributed by atoms with Gasteiger partial charge in [0.15, 0.2) is 0 Å². The van der Waals surface area contributed by atoms with Crippen molar-refractivity contribution in [2.45, 2.75) is 18.9 Å². The summed E-state index contributed by atoms with van der Waals surface area (Å²) >= 11 is 0. The summed E-state index contributed by atoms with van der Waals surface area (Å²) in [4.78, 5) is 22.5. The molecule has 0 aromatic carbocycles. The zero-order chi connectivity index (χ0) is 11.7. The summed E-state index contributed by atoms with van der Waals surface area (Å²) < 4.78 is 5.41. The van der Waals surface area contributed by atoms with Crippen molar-refractivity contribution < 1.29 is 4.74 Å². The third-order valence-corrected chi connectivity index (χ3v) is 2.55. The topological polar surface area (TPSA) is 67.9 Å². The van der Waals surface area contributed by atoms with Crippen molar-refractivity contribution in [3.63, 3.8) is 0 Å². The lowest BCUT2D eigenvalue weighted by Crippen LogP contribution is -2.13. The largest absolute Gasteiger partial charge is 0.461 e. The second kappa shape index (κ2) is 4.01. The summed E-state index contributed by atoms with van der Waals surface area (Å²) in [7, 11) is 0. The van der Waals surface area contributed by atoms with Crippen LogP contribution in [0.3, 0.4) is 0 Å². The van der Waals surface area contributed by atoms with E-state index in [-0.39, 0.29) is 11.7 Å². The highest BCUT2D eigenvalue weighted by Crippen LogP contribution is 2.24. The first-order chi connectivity index (χ1) is 8.33. The SMILES string of the molecule is O=c1[nH]c(OC2CC2)ncc1-c1cccnc1. The third-order valence-electron chi connectivity index (χ3n) is 2.55. The number of rotatable bonds is 3. The molecule has 0 aliphatic heterocycles. The summed E-state index contributed by atoms with van der Waals surface area (Å²) in [5, 5.41) is 0. The van der Waals surface area contributed by atoms with Crippen molar-refractivity contribution in [1.82, 2.24) is 15.0 Å². The Hall–Kier alpha value is -2.17. The van der Waals surface area contributed by atoms with Gasteiger partial charge in [-0.1, -0.05) is 6.07 Å². The van der Waals surface area contributed by atoms with Crippen molar-refractivity contribution in [3.05, 3.63) is 41.1 Å². The molecule has 1 aliphatic carbocycles. The minimum atomic E-state index is -0.205. The third kappa shape index (κ3) is 2.18. The minimum Gasteiger partial charge on any atom is -0.461 e. The summed E-state index contributed by atoms with van der Waals surface area (Å²) in [6.45, 7) is 0. The average Bonchev–Trinajstić information content (AvgIpc) is 3.14. The quantitative estimate of drug-likeness (QED) is 0.863. The molecule has 2 aromatic rings. The van der Waals surface area contributed by atoms with Gasteiger partial charge >= 0.3 is 0 Å². The van der Waals surface area contributed by atoms with E-state index in [1.165, 1.54) is 6.20 Å². The monoisotopic (exact) mass is 229 g/mol. The summed E-state index contributed by atoms with van der Waals surface area (Å²) in [6.07, 6.45) is 7.11. The molecule has 1 aliphatic rings. The van der Waals surface area contributed by atoms with E-state index in [1.807, 2.05) is 6.07 Å². The van der Waals surface area contributed by atoms with E-state index < -0.39 is 0 Å². The first kappa shape index (κ1) is 10.0. The highest BCUT2D eigenvalue weighted by atomic mass is 16.5. The predicted octanol–water partition coefficient (Wildman–Crippen LogP) is 1.37. The van der Waals surface area contributed by atoms with Gasteiger partial charge in [-0.25, -0.2) is 4.98 Å². The molecule has 0 atom stereocenters. The zero-order valence-electron chi connectivity index (χ0n) is 9.09. The number of nitrogens with zero attached hydrogens (tertiary/aromatic N) is 2. The van der Waals surface area contributed by atoms with Gasteiger partial charge in [-0.3, -0.25) is 14.8 Å². The maximum atomic E-state index is 11.8. The van der Waals surface area contributed by atoms with Gasteiger partial charge in [0.1, 0.15) is 6.10 Å². The van der Waals surface area contributed by atoms with Gasteiger partial charge in [0.25, 0.3) is 11.6 Å². The van der Waals surface area contributed by atoms with Gasteiger partial charge in [0.2, 0.25) is 0 Å². The fourth-order valence-electron chi connectivity index (χ4n) is 1.51. The number of nitrogens with one attached hydrogen (secondary N) is 1. The van der Waals surface area contributed by atoms with Crippen LogP contribution in [0.4, 0.5) is 0 Å². The van der Waals surface area contributed by atoms with Crippen LogP contribution in [0.15, 0.2) is 35.5 Å². The molecule has 0 amide bonds. The van der Waals surface area contributed by atoms with E-state index in [1.54, 1.807) is 18.5 Å². The first-order valence-electron chi connectivity index (χ1n) is 5.49. The van der Waals surface area contributed by atoms with Gasteiger partial charge in [-0.15, -0.1) is 0 Å². The predicted molar refractivity (Wildman–Crippen MR) is 61.7 cm³/mol. The van der Waals surface area contributed by atoms with Crippen molar-refractivity contribution >= 4 is 0 Å². The molecule has 1 saturated carbocycles. The maximum Gasteiger partial charge on any atom is 0.296 e. The minimum absolute atomic E-state index is 0.205. The number of pyridine rings is 1. The normalized spacial score (nSPS) is 14.6. The molecule has 0 spiro atoms. The van der Waals surface area contributed by atoms with Crippen molar-refractivity contribution in [2.24, 2.45) is 0 Å². The highest BCUT2D eigenvalue weighted by Gasteiger charge is 2.24. The van der Waals surface area contributed by atoms with E-state index in [0.717, 1.165) is 18.4 Å². The van der Waals surface area contributed by atoms with E-state index in [0.29, 0.717) is 11.6 Å². The lowest BCUT2D eigenvalue weighted by molar-refractivity contribution is 0.277. The van der Waals surface area contributed by atoms with Crippen LogP contribution < -0.4 is 10.3 Å². The molecule has 0 unspecified atom stereocenters. The van der Waals surface area contributed by atoms with Crippen LogP contribution in [-0.2, 0) is 0 Å². The standard InChI is InChI=1S/C12H11N3O2/c16-11-10(8-2-1-5-13-6-8)7-14-12(15-11)17-9-3-4-9/h1-2,5-7,9H,3-4H2,(H,14,15,16). The van der Waals surface area contributed by atoms with E-state index >= 15 is 0 Å². The Labute approximate surface area is 97.5 Å². The molecule has 0 saturated heterocycles. The lowest BCUT2D eigenvalue weighted by Gasteiger charge is -2.03. The van der Waals surface area contributed by atoms with Crippen molar-refractivity contribution in [2.75, 3.05) is 0 Å². The van der Waals surface area contributed by atoms with E-state index in [2.05, 4.69) is 15.0 Å². The number of aromatic nitrogens is 3. The van der Waals surface area contributed by atoms with Crippen LogP contribution in [0.2, 0.25) is 0 Å². The molecule has 2 aromatic heterocycles. The Morgan fingerprint density at radius 3 is 2.88 bits per heavy atom. The number of hydrogen-bond acceptors (Lipinski definition) is 4. The fraction of sp³-hybridized carbons (Fsp3) is 0.250. The number of H-pyrrole nitrogens is 1.